The largest absolute Gasteiger partial charge is 0.307 e. The van der Waals surface area contributed by atoms with Gasteiger partial charge in [-0.15, -0.1) is 0 Å². The average molecular weight is 399 g/mol. The van der Waals surface area contributed by atoms with Gasteiger partial charge in [-0.25, -0.2) is 4.99 Å². The number of halogens is 1. The number of aromatic amines is 1. The van der Waals surface area contributed by atoms with E-state index >= 15 is 0 Å². The molecule has 2 aromatic heterocycles. The van der Waals surface area contributed by atoms with Crippen LogP contribution in [0.15, 0.2) is 47.6 Å². The number of hydrogen-bond acceptors (Lipinski definition) is 6. The number of aliphatic imine (C=N–C) groups is 1. The van der Waals surface area contributed by atoms with E-state index in [4.69, 9.17) is 22.3 Å². The molecule has 3 aromatic rings. The number of benzene rings is 1. The molecule has 8 heteroatoms. The van der Waals surface area contributed by atoms with Gasteiger partial charge in [0.25, 0.3) is 0 Å². The van der Waals surface area contributed by atoms with Gasteiger partial charge in [0.1, 0.15) is 6.17 Å². The highest BCUT2D eigenvalue weighted by molar-refractivity contribution is 8.13. The maximum Gasteiger partial charge on any atom is 0.172 e. The first-order valence-corrected chi connectivity index (χ1v) is 9.88. The van der Waals surface area contributed by atoms with Crippen LogP contribution in [0, 0.1) is 13.8 Å². The number of H-pyrrole nitrogens is 1. The van der Waals surface area contributed by atoms with Crippen LogP contribution in [0.25, 0.3) is 0 Å². The van der Waals surface area contributed by atoms with Crippen LogP contribution >= 0.6 is 23.4 Å². The second-order valence-corrected chi connectivity index (χ2v) is 7.67. The van der Waals surface area contributed by atoms with E-state index < -0.39 is 6.17 Å². The highest BCUT2D eigenvalue weighted by atomic mass is 35.5. The molecule has 4 rings (SSSR count). The molecule has 1 aliphatic heterocycles. The van der Waals surface area contributed by atoms with Crippen molar-refractivity contribution in [3.8, 4) is 0 Å². The molecule has 138 valence electrons. The minimum atomic E-state index is -0.402. The molecule has 0 radical (unpaired) electrons. The van der Waals surface area contributed by atoms with Crippen LogP contribution in [0.4, 0.5) is 11.5 Å². The van der Waals surface area contributed by atoms with Gasteiger partial charge in [0.05, 0.1) is 17.0 Å². The zero-order chi connectivity index (χ0) is 19.0. The summed E-state index contributed by atoms with van der Waals surface area (Å²) in [5.74, 6) is 1.39. The van der Waals surface area contributed by atoms with Crippen molar-refractivity contribution in [2.45, 2.75) is 25.8 Å². The van der Waals surface area contributed by atoms with Gasteiger partial charge >= 0.3 is 0 Å². The van der Waals surface area contributed by atoms with Crippen molar-refractivity contribution < 1.29 is 0 Å². The van der Waals surface area contributed by atoms with Gasteiger partial charge in [-0.05, 0) is 43.7 Å². The Morgan fingerprint density at radius 2 is 2.11 bits per heavy atom. The Morgan fingerprint density at radius 3 is 2.85 bits per heavy atom. The monoisotopic (exact) mass is 398 g/mol. The quantitative estimate of drug-likeness (QED) is 0.679. The Bertz CT molecular complexity index is 1000. The standard InChI is InChI=1S/C19H19ClN6S/c1-11-6-7-14(9-15(11)20)26-17(21)16-12(2)24-25-18(16)23-19(26)27-10-13-5-3-4-8-22-13/h3-9,17H,10,21H2,1-2H3,(H,24,25). The molecule has 1 unspecified atom stereocenters. The molecule has 3 heterocycles. The van der Waals surface area contributed by atoms with Crippen LogP contribution in [-0.4, -0.2) is 20.3 Å². The summed E-state index contributed by atoms with van der Waals surface area (Å²) in [6.45, 7) is 3.91. The van der Waals surface area contributed by atoms with Crippen LogP contribution in [0.2, 0.25) is 5.02 Å². The van der Waals surface area contributed by atoms with Gasteiger partial charge in [-0.2, -0.15) is 5.10 Å². The molecule has 0 fully saturated rings. The summed E-state index contributed by atoms with van der Waals surface area (Å²) in [5.41, 5.74) is 11.3. The number of thioether (sulfide) groups is 1. The normalized spacial score (nSPS) is 16.2. The summed E-state index contributed by atoms with van der Waals surface area (Å²) in [7, 11) is 0. The van der Waals surface area contributed by atoms with E-state index in [9.17, 15) is 0 Å². The topological polar surface area (TPSA) is 83.2 Å². The molecule has 0 aliphatic carbocycles. The zero-order valence-corrected chi connectivity index (χ0v) is 16.6. The number of hydrogen-bond donors (Lipinski definition) is 2. The summed E-state index contributed by atoms with van der Waals surface area (Å²) >= 11 is 7.95. The Labute approximate surface area is 166 Å². The van der Waals surface area contributed by atoms with Gasteiger partial charge < -0.3 is 10.6 Å². The molecular formula is C19H19ClN6S. The molecule has 1 aliphatic rings. The van der Waals surface area contributed by atoms with Crippen LogP contribution in [0.1, 0.15) is 28.7 Å². The number of rotatable bonds is 3. The van der Waals surface area contributed by atoms with E-state index in [1.807, 2.05) is 55.1 Å². The molecule has 6 nitrogen and oxygen atoms in total. The van der Waals surface area contributed by atoms with Crippen LogP contribution in [-0.2, 0) is 5.75 Å². The Kier molecular flexibility index (Phi) is 4.90. The first-order valence-electron chi connectivity index (χ1n) is 8.52. The van der Waals surface area contributed by atoms with Gasteiger partial charge in [-0.3, -0.25) is 10.1 Å². The van der Waals surface area contributed by atoms with E-state index in [2.05, 4.69) is 15.2 Å². The minimum absolute atomic E-state index is 0.402. The number of nitrogens with one attached hydrogen (secondary N) is 1. The van der Waals surface area contributed by atoms with Crippen molar-refractivity contribution in [2.24, 2.45) is 10.7 Å². The number of aryl methyl sites for hydroxylation is 2. The average Bonchev–Trinajstić information content (AvgIpc) is 3.04. The molecule has 1 atom stereocenters. The maximum absolute atomic E-state index is 6.63. The van der Waals surface area contributed by atoms with E-state index in [1.165, 1.54) is 0 Å². The molecular weight excluding hydrogens is 380 g/mol. The van der Waals surface area contributed by atoms with Gasteiger partial charge in [0.15, 0.2) is 11.0 Å². The third-order valence-corrected chi connectivity index (χ3v) is 5.86. The molecule has 0 spiro atoms. The number of anilines is 1. The molecule has 0 amide bonds. The fraction of sp³-hybridized carbons (Fsp3) is 0.211. The Morgan fingerprint density at radius 1 is 1.26 bits per heavy atom. The number of nitrogens with two attached hydrogens (primary N) is 1. The van der Waals surface area contributed by atoms with Gasteiger partial charge in [0.2, 0.25) is 0 Å². The Hall–Kier alpha value is -2.35. The molecule has 3 N–H and O–H groups in total. The minimum Gasteiger partial charge on any atom is -0.307 e. The van der Waals surface area contributed by atoms with Crippen molar-refractivity contribution in [2.75, 3.05) is 4.90 Å². The second kappa shape index (κ2) is 7.34. The van der Waals surface area contributed by atoms with Crippen molar-refractivity contribution in [1.82, 2.24) is 15.2 Å². The second-order valence-electron chi connectivity index (χ2n) is 6.32. The lowest BCUT2D eigenvalue weighted by Crippen LogP contribution is -2.40. The SMILES string of the molecule is Cc1ccc(N2C(SCc3ccccn3)=Nc3[nH]nc(C)c3C2N)cc1Cl. The number of fused-ring (bicyclic) bond motifs is 1. The maximum atomic E-state index is 6.63. The van der Waals surface area contributed by atoms with Crippen LogP contribution < -0.4 is 10.6 Å². The first-order chi connectivity index (χ1) is 13.0. The highest BCUT2D eigenvalue weighted by Gasteiger charge is 2.32. The number of pyridine rings is 1. The molecule has 1 aromatic carbocycles. The number of aromatic nitrogens is 3. The lowest BCUT2D eigenvalue weighted by Gasteiger charge is -2.34. The fourth-order valence-electron chi connectivity index (χ4n) is 2.99. The lowest BCUT2D eigenvalue weighted by atomic mass is 10.1. The highest BCUT2D eigenvalue weighted by Crippen LogP contribution is 2.39. The van der Waals surface area contributed by atoms with Crippen molar-refractivity contribution in [1.29, 1.82) is 0 Å². The number of nitrogens with zero attached hydrogens (tertiary/aromatic N) is 4. The summed E-state index contributed by atoms with van der Waals surface area (Å²) in [6, 6.07) is 11.8. The first kappa shape index (κ1) is 18.0. The molecule has 27 heavy (non-hydrogen) atoms. The van der Waals surface area contributed by atoms with E-state index in [1.54, 1.807) is 18.0 Å². The molecule has 0 saturated carbocycles. The summed E-state index contributed by atoms with van der Waals surface area (Å²) < 4.78 is 0. The third-order valence-electron chi connectivity index (χ3n) is 4.47. The van der Waals surface area contributed by atoms with Gasteiger partial charge in [-0.1, -0.05) is 35.5 Å². The predicted molar refractivity (Wildman–Crippen MR) is 112 cm³/mol. The third kappa shape index (κ3) is 3.45. The summed E-state index contributed by atoms with van der Waals surface area (Å²) in [6.07, 6.45) is 1.39. The lowest BCUT2D eigenvalue weighted by molar-refractivity contribution is 0.742. The van der Waals surface area contributed by atoms with Crippen LogP contribution in [0.3, 0.4) is 0 Å². The predicted octanol–water partition coefficient (Wildman–Crippen LogP) is 4.47. The molecule has 0 saturated heterocycles. The Balaban J connectivity index is 1.73. The van der Waals surface area contributed by atoms with E-state index in [0.29, 0.717) is 16.6 Å². The fourth-order valence-corrected chi connectivity index (χ4v) is 4.13. The van der Waals surface area contributed by atoms with Crippen LogP contribution in [0.5, 0.6) is 0 Å². The van der Waals surface area contributed by atoms with Crippen molar-refractivity contribution in [3.63, 3.8) is 0 Å². The van der Waals surface area contributed by atoms with Crippen molar-refractivity contribution >= 4 is 40.0 Å². The number of amidine groups is 1. The summed E-state index contributed by atoms with van der Waals surface area (Å²) in [5, 5.41) is 8.73. The van der Waals surface area contributed by atoms with Gasteiger partial charge in [0, 0.05) is 22.7 Å². The summed E-state index contributed by atoms with van der Waals surface area (Å²) in [4.78, 5) is 11.2. The smallest absolute Gasteiger partial charge is 0.172 e. The molecule has 0 bridgehead atoms. The van der Waals surface area contributed by atoms with Crippen molar-refractivity contribution in [3.05, 3.63) is 70.1 Å². The van der Waals surface area contributed by atoms with E-state index in [0.717, 1.165) is 33.4 Å². The zero-order valence-electron chi connectivity index (χ0n) is 15.0. The van der Waals surface area contributed by atoms with E-state index in [-0.39, 0.29) is 0 Å².